The number of amides is 2. The van der Waals surface area contributed by atoms with Crippen LogP contribution in [-0.2, 0) is 6.42 Å². The van der Waals surface area contributed by atoms with Crippen molar-refractivity contribution in [2.24, 2.45) is 0 Å². The third kappa shape index (κ3) is 3.59. The second-order valence-corrected chi connectivity index (χ2v) is 7.33. The molecule has 0 atom stereocenters. The molecule has 3 aromatic rings. The zero-order valence-electron chi connectivity index (χ0n) is 16.6. The molecule has 5 rings (SSSR count). The van der Waals surface area contributed by atoms with Crippen LogP contribution in [0.3, 0.4) is 0 Å². The Kier molecular flexibility index (Phi) is 4.78. The molecule has 0 spiro atoms. The molecule has 0 aliphatic carbocycles. The van der Waals surface area contributed by atoms with Crippen molar-refractivity contribution in [1.29, 1.82) is 0 Å². The van der Waals surface area contributed by atoms with Crippen molar-refractivity contribution in [3.8, 4) is 11.5 Å². The maximum atomic E-state index is 13.2. The number of ether oxygens (including phenoxy) is 2. The number of halogens is 1. The van der Waals surface area contributed by atoms with Gasteiger partial charge in [0.15, 0.2) is 11.5 Å². The van der Waals surface area contributed by atoms with E-state index in [2.05, 4.69) is 5.32 Å². The van der Waals surface area contributed by atoms with E-state index < -0.39 is 5.82 Å². The first kappa shape index (κ1) is 19.1. The van der Waals surface area contributed by atoms with E-state index in [0.717, 1.165) is 5.56 Å². The molecule has 2 aliphatic heterocycles. The van der Waals surface area contributed by atoms with Crippen molar-refractivity contribution < 1.29 is 23.5 Å². The number of carbonyl (C=O) groups excluding carboxylic acids is 2. The normalized spacial score (nSPS) is 14.2. The minimum absolute atomic E-state index is 0.219. The topological polar surface area (TPSA) is 67.9 Å². The minimum Gasteiger partial charge on any atom is -0.486 e. The number of fused-ring (bicyclic) bond motifs is 2. The van der Waals surface area contributed by atoms with Crippen molar-refractivity contribution in [3.63, 3.8) is 0 Å². The van der Waals surface area contributed by atoms with E-state index in [1.807, 2.05) is 6.07 Å². The van der Waals surface area contributed by atoms with Gasteiger partial charge in [0.25, 0.3) is 11.8 Å². The lowest BCUT2D eigenvalue weighted by molar-refractivity contribution is 0.0987. The van der Waals surface area contributed by atoms with Gasteiger partial charge in [0.2, 0.25) is 0 Å². The average molecular weight is 418 g/mol. The number of rotatable bonds is 3. The Morgan fingerprint density at radius 1 is 0.935 bits per heavy atom. The Morgan fingerprint density at radius 3 is 2.52 bits per heavy atom. The van der Waals surface area contributed by atoms with Crippen LogP contribution in [0.1, 0.15) is 26.3 Å². The van der Waals surface area contributed by atoms with Crippen LogP contribution in [0, 0.1) is 5.82 Å². The Morgan fingerprint density at radius 2 is 1.71 bits per heavy atom. The zero-order valence-corrected chi connectivity index (χ0v) is 16.6. The van der Waals surface area contributed by atoms with E-state index in [1.165, 1.54) is 24.3 Å². The molecule has 1 N–H and O–H groups in total. The van der Waals surface area contributed by atoms with Gasteiger partial charge >= 0.3 is 0 Å². The van der Waals surface area contributed by atoms with E-state index in [4.69, 9.17) is 9.47 Å². The summed E-state index contributed by atoms with van der Waals surface area (Å²) < 4.78 is 24.3. The van der Waals surface area contributed by atoms with E-state index in [0.29, 0.717) is 60.2 Å². The number of nitrogens with zero attached hydrogens (tertiary/aromatic N) is 1. The number of hydrogen-bond acceptors (Lipinski definition) is 4. The molecule has 6 nitrogen and oxygen atoms in total. The van der Waals surface area contributed by atoms with Crippen molar-refractivity contribution in [2.75, 3.05) is 30.0 Å². The minimum atomic E-state index is -0.392. The maximum Gasteiger partial charge on any atom is 0.258 e. The van der Waals surface area contributed by atoms with E-state index in [-0.39, 0.29) is 11.8 Å². The lowest BCUT2D eigenvalue weighted by atomic mass is 10.0. The fraction of sp³-hybridized carbons (Fsp3) is 0.167. The van der Waals surface area contributed by atoms with Crippen LogP contribution in [0.5, 0.6) is 11.5 Å². The molecule has 0 radical (unpaired) electrons. The summed E-state index contributed by atoms with van der Waals surface area (Å²) in [6, 6.07) is 16.1. The first-order valence-electron chi connectivity index (χ1n) is 10.0. The zero-order chi connectivity index (χ0) is 21.4. The summed E-state index contributed by atoms with van der Waals surface area (Å²) in [7, 11) is 0. The molecule has 0 unspecified atom stereocenters. The molecule has 2 aliphatic rings. The number of hydrogen-bond donors (Lipinski definition) is 1. The molecule has 0 saturated heterocycles. The van der Waals surface area contributed by atoms with Crippen molar-refractivity contribution in [3.05, 3.63) is 83.2 Å². The van der Waals surface area contributed by atoms with Gasteiger partial charge in [-0.15, -0.1) is 0 Å². The van der Waals surface area contributed by atoms with Crippen LogP contribution < -0.4 is 19.7 Å². The summed E-state index contributed by atoms with van der Waals surface area (Å²) in [4.78, 5) is 27.5. The molecule has 2 amide bonds. The third-order valence-corrected chi connectivity index (χ3v) is 5.41. The van der Waals surface area contributed by atoms with E-state index >= 15 is 0 Å². The van der Waals surface area contributed by atoms with Crippen LogP contribution in [0.25, 0.3) is 0 Å². The van der Waals surface area contributed by atoms with Gasteiger partial charge in [-0.3, -0.25) is 9.59 Å². The highest BCUT2D eigenvalue weighted by Gasteiger charge is 2.29. The first-order valence-corrected chi connectivity index (χ1v) is 10.0. The lowest BCUT2D eigenvalue weighted by Crippen LogP contribution is -2.28. The smallest absolute Gasteiger partial charge is 0.258 e. The molecule has 0 fully saturated rings. The predicted octanol–water partition coefficient (Wildman–Crippen LogP) is 4.05. The molecule has 2 heterocycles. The van der Waals surface area contributed by atoms with Crippen LogP contribution >= 0.6 is 0 Å². The van der Waals surface area contributed by atoms with Crippen molar-refractivity contribution in [1.82, 2.24) is 0 Å². The van der Waals surface area contributed by atoms with Crippen LogP contribution in [0.2, 0.25) is 0 Å². The van der Waals surface area contributed by atoms with Gasteiger partial charge in [0.1, 0.15) is 19.0 Å². The summed E-state index contributed by atoms with van der Waals surface area (Å²) in [5.41, 5.74) is 3.03. The van der Waals surface area contributed by atoms with Crippen molar-refractivity contribution in [2.45, 2.75) is 6.42 Å². The molecule has 0 bridgehead atoms. The molecular weight excluding hydrogens is 399 g/mol. The molecule has 3 aromatic carbocycles. The maximum absolute atomic E-state index is 13.2. The number of benzene rings is 3. The van der Waals surface area contributed by atoms with Gasteiger partial charge in [0, 0.05) is 35.1 Å². The van der Waals surface area contributed by atoms with Gasteiger partial charge in [-0.2, -0.15) is 0 Å². The van der Waals surface area contributed by atoms with E-state index in [1.54, 1.807) is 35.2 Å². The summed E-state index contributed by atoms with van der Waals surface area (Å²) in [5, 5.41) is 2.90. The van der Waals surface area contributed by atoms with Crippen LogP contribution in [0.15, 0.2) is 60.7 Å². The lowest BCUT2D eigenvalue weighted by Gasteiger charge is -2.19. The van der Waals surface area contributed by atoms with Gasteiger partial charge in [0.05, 0.1) is 0 Å². The largest absolute Gasteiger partial charge is 0.486 e. The predicted molar refractivity (Wildman–Crippen MR) is 114 cm³/mol. The fourth-order valence-electron chi connectivity index (χ4n) is 3.93. The third-order valence-electron chi connectivity index (χ3n) is 5.41. The van der Waals surface area contributed by atoms with Gasteiger partial charge in [-0.05, 0) is 60.5 Å². The molecule has 0 saturated carbocycles. The summed E-state index contributed by atoms with van der Waals surface area (Å²) in [6.45, 7) is 1.43. The Hall–Kier alpha value is -3.87. The summed E-state index contributed by atoms with van der Waals surface area (Å²) >= 11 is 0. The molecule has 31 heavy (non-hydrogen) atoms. The number of anilines is 2. The second kappa shape index (κ2) is 7.75. The molecule has 156 valence electrons. The first-order chi connectivity index (χ1) is 15.1. The quantitative estimate of drug-likeness (QED) is 0.697. The SMILES string of the molecule is O=C(Nc1ccc2c(c1)OCCO2)c1cccc2c1CCN2C(=O)c1ccc(F)cc1. The highest BCUT2D eigenvalue weighted by molar-refractivity contribution is 6.10. The average Bonchev–Trinajstić information content (AvgIpc) is 3.23. The highest BCUT2D eigenvalue weighted by Crippen LogP contribution is 2.34. The Balaban J connectivity index is 1.39. The molecular formula is C24H19FN2O4. The van der Waals surface area contributed by atoms with Crippen LogP contribution in [-0.4, -0.2) is 31.6 Å². The monoisotopic (exact) mass is 418 g/mol. The second-order valence-electron chi connectivity index (χ2n) is 7.33. The Labute approximate surface area is 178 Å². The van der Waals surface area contributed by atoms with Crippen molar-refractivity contribution >= 4 is 23.2 Å². The van der Waals surface area contributed by atoms with Gasteiger partial charge < -0.3 is 19.7 Å². The fourth-order valence-corrected chi connectivity index (χ4v) is 3.93. The number of carbonyl (C=O) groups is 2. The standard InChI is InChI=1S/C24H19FN2O4/c25-16-6-4-15(5-7-16)24(29)27-11-10-18-19(2-1-3-20(18)27)23(28)26-17-8-9-21-22(14-17)31-13-12-30-21/h1-9,14H,10-13H2,(H,26,28). The highest BCUT2D eigenvalue weighted by atomic mass is 19.1. The van der Waals surface area contributed by atoms with Gasteiger partial charge in [-0.25, -0.2) is 4.39 Å². The summed E-state index contributed by atoms with van der Waals surface area (Å²) in [5.74, 6) is 0.377. The summed E-state index contributed by atoms with van der Waals surface area (Å²) in [6.07, 6.45) is 0.563. The molecule has 0 aromatic heterocycles. The van der Waals surface area contributed by atoms with Crippen LogP contribution in [0.4, 0.5) is 15.8 Å². The molecule has 7 heteroatoms. The Bertz CT molecular complexity index is 1180. The van der Waals surface area contributed by atoms with Gasteiger partial charge in [-0.1, -0.05) is 6.07 Å². The van der Waals surface area contributed by atoms with E-state index in [9.17, 15) is 14.0 Å². The number of nitrogens with one attached hydrogen (secondary N) is 1.